The largest absolute Gasteiger partial charge is 0.459 e. The molecule has 10 heteroatoms. The fraction of sp³-hybridized carbons (Fsp3) is 0.389. The number of aromatic nitrogens is 2. The number of ether oxygens (including phenoxy) is 1. The van der Waals surface area contributed by atoms with E-state index in [9.17, 15) is 13.2 Å². The lowest BCUT2D eigenvalue weighted by Gasteiger charge is -2.31. The molecule has 1 N–H and O–H groups in total. The molecule has 0 aliphatic carbocycles. The van der Waals surface area contributed by atoms with Gasteiger partial charge in [0.1, 0.15) is 6.10 Å². The number of rotatable bonds is 5. The SMILES string of the molecule is CC(=O)Nc1ccc(S(=O)(=O)N2CCCC(Oc3ncc(Cl)cn3)C2)c(C)c1. The summed E-state index contributed by atoms with van der Waals surface area (Å²) in [4.78, 5) is 19.4. The van der Waals surface area contributed by atoms with Crippen LogP contribution in [0.25, 0.3) is 0 Å². The van der Waals surface area contributed by atoms with Crippen molar-refractivity contribution in [3.63, 3.8) is 0 Å². The number of nitrogens with one attached hydrogen (secondary N) is 1. The van der Waals surface area contributed by atoms with Crippen molar-refractivity contribution < 1.29 is 17.9 Å². The number of nitrogens with zero attached hydrogens (tertiary/aromatic N) is 3. The van der Waals surface area contributed by atoms with Crippen LogP contribution in [0.1, 0.15) is 25.3 Å². The Balaban J connectivity index is 1.75. The number of carbonyl (C=O) groups is 1. The van der Waals surface area contributed by atoms with E-state index < -0.39 is 10.0 Å². The van der Waals surface area contributed by atoms with E-state index in [1.807, 2.05) is 0 Å². The molecule has 0 bridgehead atoms. The van der Waals surface area contributed by atoms with E-state index in [0.717, 1.165) is 0 Å². The Kier molecular flexibility index (Phi) is 6.17. The normalized spacial score (nSPS) is 17.9. The summed E-state index contributed by atoms with van der Waals surface area (Å²) in [6.07, 6.45) is 3.89. The summed E-state index contributed by atoms with van der Waals surface area (Å²) in [5.41, 5.74) is 1.12. The minimum absolute atomic E-state index is 0.171. The number of amides is 1. The van der Waals surface area contributed by atoms with Crippen molar-refractivity contribution in [3.8, 4) is 6.01 Å². The molecule has 1 amide bonds. The lowest BCUT2D eigenvalue weighted by molar-refractivity contribution is -0.114. The number of carbonyl (C=O) groups excluding carboxylic acids is 1. The van der Waals surface area contributed by atoms with Crippen molar-refractivity contribution in [2.24, 2.45) is 0 Å². The molecule has 0 spiro atoms. The lowest BCUT2D eigenvalue weighted by Crippen LogP contribution is -2.44. The first-order valence-corrected chi connectivity index (χ1v) is 10.6. The third-order valence-electron chi connectivity index (χ3n) is 4.32. The number of piperidine rings is 1. The maximum Gasteiger partial charge on any atom is 0.316 e. The topological polar surface area (TPSA) is 101 Å². The van der Waals surface area contributed by atoms with Gasteiger partial charge in [0.15, 0.2) is 0 Å². The van der Waals surface area contributed by atoms with Crippen molar-refractivity contribution in [1.82, 2.24) is 14.3 Å². The van der Waals surface area contributed by atoms with Crippen LogP contribution >= 0.6 is 11.6 Å². The van der Waals surface area contributed by atoms with Gasteiger partial charge < -0.3 is 10.1 Å². The van der Waals surface area contributed by atoms with Gasteiger partial charge in [0.2, 0.25) is 15.9 Å². The molecule has 1 atom stereocenters. The molecule has 0 saturated carbocycles. The summed E-state index contributed by atoms with van der Waals surface area (Å²) < 4.78 is 33.4. The Labute approximate surface area is 168 Å². The first-order chi connectivity index (χ1) is 13.3. The van der Waals surface area contributed by atoms with Crippen molar-refractivity contribution in [2.75, 3.05) is 18.4 Å². The molecule has 150 valence electrons. The summed E-state index contributed by atoms with van der Waals surface area (Å²) in [6, 6.07) is 4.92. The highest BCUT2D eigenvalue weighted by Gasteiger charge is 2.32. The monoisotopic (exact) mass is 424 g/mol. The minimum Gasteiger partial charge on any atom is -0.459 e. The Morgan fingerprint density at radius 3 is 2.68 bits per heavy atom. The van der Waals surface area contributed by atoms with Gasteiger partial charge in [0.25, 0.3) is 0 Å². The van der Waals surface area contributed by atoms with Crippen LogP contribution in [0.4, 0.5) is 5.69 Å². The van der Waals surface area contributed by atoms with E-state index in [0.29, 0.717) is 35.7 Å². The van der Waals surface area contributed by atoms with Crippen molar-refractivity contribution in [2.45, 2.75) is 37.7 Å². The minimum atomic E-state index is -3.69. The number of anilines is 1. The van der Waals surface area contributed by atoms with Crippen LogP contribution < -0.4 is 10.1 Å². The van der Waals surface area contributed by atoms with Gasteiger partial charge in [-0.25, -0.2) is 18.4 Å². The van der Waals surface area contributed by atoms with Gasteiger partial charge in [-0.2, -0.15) is 4.31 Å². The Hall–Kier alpha value is -2.23. The molecule has 1 saturated heterocycles. The van der Waals surface area contributed by atoms with E-state index in [2.05, 4.69) is 15.3 Å². The predicted octanol–water partition coefficient (Wildman–Crippen LogP) is 2.63. The van der Waals surface area contributed by atoms with E-state index in [-0.39, 0.29) is 29.5 Å². The fourth-order valence-electron chi connectivity index (χ4n) is 3.09. The van der Waals surface area contributed by atoms with Crippen LogP contribution in [0, 0.1) is 6.92 Å². The second kappa shape index (κ2) is 8.42. The first kappa shape index (κ1) is 20.5. The van der Waals surface area contributed by atoms with Crippen molar-refractivity contribution in [1.29, 1.82) is 0 Å². The van der Waals surface area contributed by atoms with Crippen molar-refractivity contribution >= 4 is 33.2 Å². The van der Waals surface area contributed by atoms with Gasteiger partial charge in [-0.1, -0.05) is 11.6 Å². The Morgan fingerprint density at radius 1 is 1.32 bits per heavy atom. The molecular formula is C18H21ClN4O4S. The van der Waals surface area contributed by atoms with Crippen LogP contribution in [0.3, 0.4) is 0 Å². The predicted molar refractivity (Wildman–Crippen MR) is 105 cm³/mol. The maximum atomic E-state index is 13.1. The Morgan fingerprint density at radius 2 is 2.04 bits per heavy atom. The van der Waals surface area contributed by atoms with E-state index in [1.54, 1.807) is 19.1 Å². The van der Waals surface area contributed by atoms with Crippen LogP contribution in [0.15, 0.2) is 35.5 Å². The number of aryl methyl sites for hydroxylation is 1. The zero-order valence-corrected chi connectivity index (χ0v) is 17.1. The molecule has 0 radical (unpaired) electrons. The smallest absolute Gasteiger partial charge is 0.316 e. The van der Waals surface area contributed by atoms with Gasteiger partial charge in [-0.15, -0.1) is 0 Å². The van der Waals surface area contributed by atoms with E-state index in [1.165, 1.54) is 29.7 Å². The van der Waals surface area contributed by atoms with Gasteiger partial charge >= 0.3 is 6.01 Å². The van der Waals surface area contributed by atoms with Gasteiger partial charge in [-0.3, -0.25) is 4.79 Å². The second-order valence-corrected chi connectivity index (χ2v) is 8.93. The fourth-order valence-corrected chi connectivity index (χ4v) is 4.90. The van der Waals surface area contributed by atoms with Gasteiger partial charge in [0, 0.05) is 19.2 Å². The molecule has 2 heterocycles. The molecule has 3 rings (SSSR count). The number of hydrogen-bond donors (Lipinski definition) is 1. The zero-order chi connectivity index (χ0) is 20.3. The molecule has 1 unspecified atom stereocenters. The molecule has 1 aromatic heterocycles. The average Bonchev–Trinajstić information content (AvgIpc) is 2.63. The second-order valence-electron chi connectivity index (χ2n) is 6.59. The van der Waals surface area contributed by atoms with Gasteiger partial charge in [-0.05, 0) is 43.5 Å². The average molecular weight is 425 g/mol. The third kappa shape index (κ3) is 4.78. The number of benzene rings is 1. The van der Waals surface area contributed by atoms with E-state index >= 15 is 0 Å². The quantitative estimate of drug-likeness (QED) is 0.791. The van der Waals surface area contributed by atoms with Crippen LogP contribution in [-0.2, 0) is 14.8 Å². The zero-order valence-electron chi connectivity index (χ0n) is 15.6. The van der Waals surface area contributed by atoms with Crippen LogP contribution in [-0.4, -0.2) is 47.8 Å². The Bertz CT molecular complexity index is 966. The molecule has 1 aromatic carbocycles. The summed E-state index contributed by atoms with van der Waals surface area (Å²) in [5.74, 6) is -0.213. The van der Waals surface area contributed by atoms with Crippen LogP contribution in [0.2, 0.25) is 5.02 Å². The highest BCUT2D eigenvalue weighted by molar-refractivity contribution is 7.89. The molecule has 1 fully saturated rings. The van der Waals surface area contributed by atoms with Gasteiger partial charge in [0.05, 0.1) is 28.9 Å². The number of hydrogen-bond acceptors (Lipinski definition) is 6. The summed E-state index contributed by atoms with van der Waals surface area (Å²) >= 11 is 5.77. The summed E-state index contributed by atoms with van der Waals surface area (Å²) in [6.45, 7) is 3.73. The molecule has 1 aliphatic rings. The lowest BCUT2D eigenvalue weighted by atomic mass is 10.1. The standard InChI is InChI=1S/C18H21ClN4O4S/c1-12-8-15(22-13(2)24)5-6-17(12)28(25,26)23-7-3-4-16(11-23)27-18-20-9-14(19)10-21-18/h5-6,8-10,16H,3-4,7,11H2,1-2H3,(H,22,24). The molecule has 28 heavy (non-hydrogen) atoms. The number of halogens is 1. The molecule has 8 nitrogen and oxygen atoms in total. The molecule has 1 aliphatic heterocycles. The van der Waals surface area contributed by atoms with Crippen LogP contribution in [0.5, 0.6) is 6.01 Å². The third-order valence-corrected chi connectivity index (χ3v) is 6.54. The molecular weight excluding hydrogens is 404 g/mol. The molecule has 2 aromatic rings. The highest BCUT2D eigenvalue weighted by Crippen LogP contribution is 2.26. The van der Waals surface area contributed by atoms with E-state index in [4.69, 9.17) is 16.3 Å². The highest BCUT2D eigenvalue weighted by atomic mass is 35.5. The first-order valence-electron chi connectivity index (χ1n) is 8.78. The summed E-state index contributed by atoms with van der Waals surface area (Å²) in [7, 11) is -3.69. The van der Waals surface area contributed by atoms with Crippen molar-refractivity contribution in [3.05, 3.63) is 41.2 Å². The number of sulfonamides is 1. The summed E-state index contributed by atoms with van der Waals surface area (Å²) in [5, 5.41) is 3.05. The maximum absolute atomic E-state index is 13.1.